The topological polar surface area (TPSA) is 20.3 Å². The Kier molecular flexibility index (Phi) is 5.16. The van der Waals surface area contributed by atoms with E-state index < -0.39 is 0 Å². The second kappa shape index (κ2) is 6.40. The average Bonchev–Trinajstić information content (AvgIpc) is 2.28. The monoisotopic (exact) mass is 293 g/mol. The van der Waals surface area contributed by atoms with Crippen LogP contribution in [0.3, 0.4) is 0 Å². The molecule has 0 bridgehead atoms. The van der Waals surface area contributed by atoms with Crippen LogP contribution in [-0.2, 0) is 0 Å². The normalized spacial score (nSPS) is 9.76. The molecule has 0 spiro atoms. The van der Waals surface area contributed by atoms with Crippen molar-refractivity contribution >= 4 is 27.4 Å². The molecule has 0 aliphatic heterocycles. The predicted molar refractivity (Wildman–Crippen MR) is 76.8 cm³/mol. The van der Waals surface area contributed by atoms with Crippen molar-refractivity contribution in [3.63, 3.8) is 0 Å². The summed E-state index contributed by atoms with van der Waals surface area (Å²) in [5.74, 6) is 0.0578. The van der Waals surface area contributed by atoms with Crippen molar-refractivity contribution in [2.24, 2.45) is 0 Å². The molecule has 0 aliphatic carbocycles. The van der Waals surface area contributed by atoms with Gasteiger partial charge in [-0.1, -0.05) is 12.2 Å². The molecule has 90 valence electrons. The predicted octanol–water partition coefficient (Wildman–Crippen LogP) is 3.83. The van der Waals surface area contributed by atoms with Crippen molar-refractivity contribution in [2.75, 3.05) is 18.0 Å². The molecule has 0 saturated heterocycles. The summed E-state index contributed by atoms with van der Waals surface area (Å²) < 4.78 is 0.820. The Hall–Kier alpha value is -1.35. The van der Waals surface area contributed by atoms with Gasteiger partial charge in [0.15, 0.2) is 5.78 Å². The molecule has 0 radical (unpaired) electrons. The zero-order chi connectivity index (χ0) is 12.8. The maximum absolute atomic E-state index is 11.3. The lowest BCUT2D eigenvalue weighted by Gasteiger charge is -2.22. The van der Waals surface area contributed by atoms with Crippen molar-refractivity contribution in [2.45, 2.75) is 6.92 Å². The summed E-state index contributed by atoms with van der Waals surface area (Å²) >= 11 is 3.42. The largest absolute Gasteiger partial charge is 0.364 e. The third-order valence-electron chi connectivity index (χ3n) is 2.40. The molecule has 0 aliphatic rings. The summed E-state index contributed by atoms with van der Waals surface area (Å²) in [6, 6.07) is 5.72. The molecular formula is C14H16BrNO. The first-order valence-electron chi connectivity index (χ1n) is 5.37. The van der Waals surface area contributed by atoms with Gasteiger partial charge in [-0.25, -0.2) is 0 Å². The molecule has 1 aromatic carbocycles. The first kappa shape index (κ1) is 13.7. The first-order chi connectivity index (χ1) is 8.10. The summed E-state index contributed by atoms with van der Waals surface area (Å²) in [7, 11) is 0. The molecule has 0 atom stereocenters. The van der Waals surface area contributed by atoms with Crippen molar-refractivity contribution < 1.29 is 4.79 Å². The number of Topliss-reactive ketones (excluding diaryl/α,β-unsaturated/α-hetero) is 1. The van der Waals surface area contributed by atoms with E-state index in [9.17, 15) is 4.79 Å². The van der Waals surface area contributed by atoms with E-state index in [4.69, 9.17) is 0 Å². The SMILES string of the molecule is C=CCN(CC=C)c1ccc(C(C)=O)c(Br)c1. The van der Waals surface area contributed by atoms with Crippen molar-refractivity contribution in [1.29, 1.82) is 0 Å². The quantitative estimate of drug-likeness (QED) is 0.587. The van der Waals surface area contributed by atoms with E-state index >= 15 is 0 Å². The number of hydrogen-bond donors (Lipinski definition) is 0. The standard InChI is InChI=1S/C14H16BrNO/c1-4-8-16(9-5-2)12-6-7-13(11(3)17)14(15)10-12/h4-7,10H,1-2,8-9H2,3H3. The highest BCUT2D eigenvalue weighted by atomic mass is 79.9. The Labute approximate surface area is 111 Å². The van der Waals surface area contributed by atoms with Crippen LogP contribution in [0.4, 0.5) is 5.69 Å². The summed E-state index contributed by atoms with van der Waals surface area (Å²) in [4.78, 5) is 13.4. The van der Waals surface area contributed by atoms with Crippen LogP contribution in [0.1, 0.15) is 17.3 Å². The van der Waals surface area contributed by atoms with Gasteiger partial charge in [-0.3, -0.25) is 4.79 Å². The molecule has 0 amide bonds. The third kappa shape index (κ3) is 3.56. The maximum Gasteiger partial charge on any atom is 0.160 e. The van der Waals surface area contributed by atoms with Crippen LogP contribution in [0.25, 0.3) is 0 Å². The van der Waals surface area contributed by atoms with Gasteiger partial charge in [-0.2, -0.15) is 0 Å². The fourth-order valence-corrected chi connectivity index (χ4v) is 2.23. The number of carbonyl (C=O) groups is 1. The van der Waals surface area contributed by atoms with Gasteiger partial charge in [-0.15, -0.1) is 13.2 Å². The van der Waals surface area contributed by atoms with E-state index in [2.05, 4.69) is 34.0 Å². The molecule has 0 saturated carbocycles. The van der Waals surface area contributed by atoms with Gasteiger partial charge in [0.2, 0.25) is 0 Å². The zero-order valence-electron chi connectivity index (χ0n) is 9.95. The molecule has 3 heteroatoms. The summed E-state index contributed by atoms with van der Waals surface area (Å²) in [6.07, 6.45) is 3.69. The van der Waals surface area contributed by atoms with Gasteiger partial charge in [0.05, 0.1) is 0 Å². The number of ketones is 1. The minimum absolute atomic E-state index is 0.0578. The minimum Gasteiger partial charge on any atom is -0.364 e. The molecule has 0 unspecified atom stereocenters. The number of benzene rings is 1. The molecule has 17 heavy (non-hydrogen) atoms. The van der Waals surface area contributed by atoms with Gasteiger partial charge >= 0.3 is 0 Å². The second-order valence-corrected chi connectivity index (χ2v) is 4.56. The van der Waals surface area contributed by atoms with Crippen LogP contribution in [0.5, 0.6) is 0 Å². The Bertz CT molecular complexity index is 430. The molecule has 0 heterocycles. The summed E-state index contributed by atoms with van der Waals surface area (Å²) in [5.41, 5.74) is 1.74. The molecule has 0 fully saturated rings. The highest BCUT2D eigenvalue weighted by molar-refractivity contribution is 9.10. The fraction of sp³-hybridized carbons (Fsp3) is 0.214. The lowest BCUT2D eigenvalue weighted by molar-refractivity contribution is 0.101. The van der Waals surface area contributed by atoms with Crippen LogP contribution in [-0.4, -0.2) is 18.9 Å². The van der Waals surface area contributed by atoms with E-state index in [-0.39, 0.29) is 5.78 Å². The number of halogens is 1. The van der Waals surface area contributed by atoms with E-state index in [1.807, 2.05) is 30.4 Å². The average molecular weight is 294 g/mol. The number of nitrogens with zero attached hydrogens (tertiary/aromatic N) is 1. The Morgan fingerprint density at radius 2 is 1.94 bits per heavy atom. The Morgan fingerprint density at radius 1 is 1.35 bits per heavy atom. The number of rotatable bonds is 6. The Balaban J connectivity index is 3.04. The molecule has 1 aromatic rings. The smallest absolute Gasteiger partial charge is 0.160 e. The van der Waals surface area contributed by atoms with E-state index in [0.29, 0.717) is 5.56 Å². The molecule has 2 nitrogen and oxygen atoms in total. The zero-order valence-corrected chi connectivity index (χ0v) is 11.5. The number of hydrogen-bond acceptors (Lipinski definition) is 2. The molecule has 0 aromatic heterocycles. The first-order valence-corrected chi connectivity index (χ1v) is 6.16. The van der Waals surface area contributed by atoms with Crippen LogP contribution in [0, 0.1) is 0 Å². The van der Waals surface area contributed by atoms with E-state index in [1.165, 1.54) is 0 Å². The minimum atomic E-state index is 0.0578. The summed E-state index contributed by atoms with van der Waals surface area (Å²) in [6.45, 7) is 10.5. The van der Waals surface area contributed by atoms with Gasteiger partial charge in [0, 0.05) is 28.8 Å². The van der Waals surface area contributed by atoms with Crippen LogP contribution >= 0.6 is 15.9 Å². The van der Waals surface area contributed by atoms with Gasteiger partial charge in [0.1, 0.15) is 0 Å². The highest BCUT2D eigenvalue weighted by Gasteiger charge is 2.08. The van der Waals surface area contributed by atoms with Gasteiger partial charge in [0.25, 0.3) is 0 Å². The van der Waals surface area contributed by atoms with Crippen molar-refractivity contribution in [1.82, 2.24) is 0 Å². The third-order valence-corrected chi connectivity index (χ3v) is 3.05. The summed E-state index contributed by atoms with van der Waals surface area (Å²) in [5, 5.41) is 0. The lowest BCUT2D eigenvalue weighted by atomic mass is 10.1. The molecule has 0 N–H and O–H groups in total. The molecule has 1 rings (SSSR count). The van der Waals surface area contributed by atoms with Gasteiger partial charge in [-0.05, 0) is 41.1 Å². The number of anilines is 1. The van der Waals surface area contributed by atoms with Crippen molar-refractivity contribution in [3.8, 4) is 0 Å². The second-order valence-electron chi connectivity index (χ2n) is 3.70. The number of carbonyl (C=O) groups excluding carboxylic acids is 1. The highest BCUT2D eigenvalue weighted by Crippen LogP contribution is 2.24. The van der Waals surface area contributed by atoms with E-state index in [0.717, 1.165) is 23.2 Å². The van der Waals surface area contributed by atoms with E-state index in [1.54, 1.807) is 6.92 Å². The Morgan fingerprint density at radius 3 is 2.35 bits per heavy atom. The van der Waals surface area contributed by atoms with Crippen molar-refractivity contribution in [3.05, 3.63) is 53.5 Å². The van der Waals surface area contributed by atoms with Gasteiger partial charge < -0.3 is 4.90 Å². The lowest BCUT2D eigenvalue weighted by Crippen LogP contribution is -2.23. The fourth-order valence-electron chi connectivity index (χ4n) is 1.58. The molecular weight excluding hydrogens is 278 g/mol. The van der Waals surface area contributed by atoms with Crippen LogP contribution in [0.2, 0.25) is 0 Å². The van der Waals surface area contributed by atoms with Crippen LogP contribution in [0.15, 0.2) is 48.0 Å². The maximum atomic E-state index is 11.3. The van der Waals surface area contributed by atoms with Crippen LogP contribution < -0.4 is 4.90 Å².